The van der Waals surface area contributed by atoms with Crippen molar-refractivity contribution < 1.29 is 0 Å². The Morgan fingerprint density at radius 1 is 1.39 bits per heavy atom. The van der Waals surface area contributed by atoms with Gasteiger partial charge in [-0.1, -0.05) is 25.4 Å². The van der Waals surface area contributed by atoms with Crippen LogP contribution in [0.5, 0.6) is 0 Å². The number of nitrogens with one attached hydrogen (secondary N) is 1. The lowest BCUT2D eigenvalue weighted by atomic mass is 10.2. The van der Waals surface area contributed by atoms with E-state index in [1.54, 1.807) is 12.5 Å². The highest BCUT2D eigenvalue weighted by Gasteiger charge is 2.05. The Labute approximate surface area is 112 Å². The van der Waals surface area contributed by atoms with Gasteiger partial charge in [0.15, 0.2) is 5.82 Å². The molecule has 0 spiro atoms. The van der Waals surface area contributed by atoms with Crippen molar-refractivity contribution >= 4 is 11.6 Å². The van der Waals surface area contributed by atoms with Gasteiger partial charge in [-0.25, -0.2) is 9.97 Å². The molecule has 0 unspecified atom stereocenters. The third-order valence-electron chi connectivity index (χ3n) is 2.48. The van der Waals surface area contributed by atoms with Crippen molar-refractivity contribution in [3.63, 3.8) is 0 Å². The lowest BCUT2D eigenvalue weighted by Crippen LogP contribution is -2.19. The smallest absolute Gasteiger partial charge is 0.156 e. The highest BCUT2D eigenvalue weighted by Crippen LogP contribution is 2.16. The molecule has 0 fully saturated rings. The highest BCUT2D eigenvalue weighted by molar-refractivity contribution is 6.32. The second-order valence-electron chi connectivity index (χ2n) is 4.61. The van der Waals surface area contributed by atoms with E-state index < -0.39 is 0 Å². The normalized spacial score (nSPS) is 11.1. The van der Waals surface area contributed by atoms with Crippen LogP contribution in [0, 0.1) is 5.92 Å². The molecule has 4 nitrogen and oxygen atoms in total. The molecule has 2 aromatic rings. The molecule has 0 bridgehead atoms. The van der Waals surface area contributed by atoms with Crippen LogP contribution in [0.15, 0.2) is 30.9 Å². The molecule has 0 aliphatic rings. The molecule has 0 atom stereocenters. The van der Waals surface area contributed by atoms with E-state index >= 15 is 0 Å². The third-order valence-corrected chi connectivity index (χ3v) is 2.77. The summed E-state index contributed by atoms with van der Waals surface area (Å²) in [4.78, 5) is 8.57. The van der Waals surface area contributed by atoms with E-state index in [0.717, 1.165) is 18.8 Å². The molecule has 0 aromatic carbocycles. The Bertz CT molecular complexity index is 507. The van der Waals surface area contributed by atoms with Crippen LogP contribution in [-0.2, 0) is 6.54 Å². The maximum Gasteiger partial charge on any atom is 0.156 e. The van der Waals surface area contributed by atoms with Crippen molar-refractivity contribution in [2.24, 2.45) is 5.92 Å². The van der Waals surface area contributed by atoms with Crippen molar-refractivity contribution in [3.05, 3.63) is 41.6 Å². The molecule has 2 rings (SSSR count). The molecule has 0 saturated heterocycles. The molecule has 5 heteroatoms. The van der Waals surface area contributed by atoms with Gasteiger partial charge in [-0.3, -0.25) is 4.57 Å². The van der Waals surface area contributed by atoms with E-state index in [4.69, 9.17) is 11.6 Å². The van der Waals surface area contributed by atoms with Crippen LogP contribution < -0.4 is 5.32 Å². The Hall–Kier alpha value is -1.39. The van der Waals surface area contributed by atoms with Crippen molar-refractivity contribution in [2.45, 2.75) is 20.4 Å². The fourth-order valence-electron chi connectivity index (χ4n) is 1.63. The van der Waals surface area contributed by atoms with E-state index in [0.29, 0.717) is 16.8 Å². The van der Waals surface area contributed by atoms with Gasteiger partial charge in [0, 0.05) is 18.9 Å². The summed E-state index contributed by atoms with van der Waals surface area (Å²) >= 11 is 6.09. The Kier molecular flexibility index (Phi) is 4.33. The minimum absolute atomic E-state index is 0.622. The zero-order valence-corrected chi connectivity index (χ0v) is 11.4. The van der Waals surface area contributed by atoms with Crippen molar-refractivity contribution in [1.29, 1.82) is 0 Å². The van der Waals surface area contributed by atoms with E-state index in [1.165, 1.54) is 0 Å². The standard InChI is InChI=1S/C13H17ClN4/c1-10(2)6-15-7-11-8-18(9-17-11)13-12(14)4-3-5-16-13/h3-5,8-10,15H,6-7H2,1-2H3. The summed E-state index contributed by atoms with van der Waals surface area (Å²) in [6.07, 6.45) is 5.40. The maximum atomic E-state index is 6.09. The van der Waals surface area contributed by atoms with E-state index in [-0.39, 0.29) is 0 Å². The summed E-state index contributed by atoms with van der Waals surface area (Å²) in [5.74, 6) is 1.35. The molecular weight excluding hydrogens is 248 g/mol. The van der Waals surface area contributed by atoms with Crippen molar-refractivity contribution in [3.8, 4) is 5.82 Å². The molecule has 0 saturated carbocycles. The van der Waals surface area contributed by atoms with Crippen LogP contribution in [0.4, 0.5) is 0 Å². The quantitative estimate of drug-likeness (QED) is 0.903. The Morgan fingerprint density at radius 3 is 2.94 bits per heavy atom. The predicted molar refractivity (Wildman–Crippen MR) is 72.9 cm³/mol. The lowest BCUT2D eigenvalue weighted by molar-refractivity contribution is 0.549. The zero-order chi connectivity index (χ0) is 13.0. The average Bonchev–Trinajstić information content (AvgIpc) is 2.78. The van der Waals surface area contributed by atoms with Gasteiger partial charge in [0.05, 0.1) is 10.7 Å². The summed E-state index contributed by atoms with van der Waals surface area (Å²) in [7, 11) is 0. The number of aromatic nitrogens is 3. The minimum atomic E-state index is 0.622. The van der Waals surface area contributed by atoms with E-state index in [2.05, 4.69) is 29.1 Å². The number of rotatable bonds is 5. The fraction of sp³-hybridized carbons (Fsp3) is 0.385. The summed E-state index contributed by atoms with van der Waals surface area (Å²) < 4.78 is 1.84. The molecule has 0 aliphatic carbocycles. The second kappa shape index (κ2) is 5.98. The second-order valence-corrected chi connectivity index (χ2v) is 5.01. The summed E-state index contributed by atoms with van der Waals surface area (Å²) in [6, 6.07) is 3.63. The molecule has 2 heterocycles. The first-order valence-corrected chi connectivity index (χ1v) is 6.39. The molecule has 0 amide bonds. The first kappa shape index (κ1) is 13.1. The van der Waals surface area contributed by atoms with Gasteiger partial charge in [0.25, 0.3) is 0 Å². The minimum Gasteiger partial charge on any atom is -0.311 e. The number of hydrogen-bond acceptors (Lipinski definition) is 3. The molecule has 1 N–H and O–H groups in total. The van der Waals surface area contributed by atoms with Crippen molar-refractivity contribution in [2.75, 3.05) is 6.54 Å². The van der Waals surface area contributed by atoms with Gasteiger partial charge < -0.3 is 5.32 Å². The predicted octanol–water partition coefficient (Wildman–Crippen LogP) is 2.67. The van der Waals surface area contributed by atoms with E-state index in [9.17, 15) is 0 Å². The summed E-state index contributed by atoms with van der Waals surface area (Å²) in [5, 5.41) is 3.97. The number of halogens is 1. The first-order valence-electron chi connectivity index (χ1n) is 6.01. The van der Waals surface area contributed by atoms with Crippen LogP contribution in [0.2, 0.25) is 5.02 Å². The van der Waals surface area contributed by atoms with E-state index in [1.807, 2.05) is 22.9 Å². The number of pyridine rings is 1. The molecule has 18 heavy (non-hydrogen) atoms. The topological polar surface area (TPSA) is 42.7 Å². The number of hydrogen-bond donors (Lipinski definition) is 1. The molecule has 0 aliphatic heterocycles. The highest BCUT2D eigenvalue weighted by atomic mass is 35.5. The van der Waals surface area contributed by atoms with Gasteiger partial charge in [0.1, 0.15) is 6.33 Å². The first-order chi connectivity index (χ1) is 8.66. The number of imidazole rings is 1. The SMILES string of the molecule is CC(C)CNCc1cn(-c2ncccc2Cl)cn1. The van der Waals surface area contributed by atoms with Gasteiger partial charge in [0.2, 0.25) is 0 Å². The largest absolute Gasteiger partial charge is 0.311 e. The monoisotopic (exact) mass is 264 g/mol. The average molecular weight is 265 g/mol. The van der Waals surface area contributed by atoms with Crippen LogP contribution in [0.1, 0.15) is 19.5 Å². The van der Waals surface area contributed by atoms with Crippen LogP contribution in [-0.4, -0.2) is 21.1 Å². The van der Waals surface area contributed by atoms with Gasteiger partial charge in [-0.15, -0.1) is 0 Å². The summed E-state index contributed by atoms with van der Waals surface area (Å²) in [5.41, 5.74) is 0.984. The molecule has 2 aromatic heterocycles. The van der Waals surface area contributed by atoms with Crippen LogP contribution in [0.25, 0.3) is 5.82 Å². The molecule has 0 radical (unpaired) electrons. The number of nitrogens with zero attached hydrogens (tertiary/aromatic N) is 3. The summed E-state index contributed by atoms with van der Waals surface area (Å²) in [6.45, 7) is 6.10. The molecule has 96 valence electrons. The zero-order valence-electron chi connectivity index (χ0n) is 10.6. The third kappa shape index (κ3) is 3.31. The van der Waals surface area contributed by atoms with Gasteiger partial charge in [-0.05, 0) is 24.6 Å². The van der Waals surface area contributed by atoms with Crippen molar-refractivity contribution in [1.82, 2.24) is 19.9 Å². The Balaban J connectivity index is 2.04. The van der Waals surface area contributed by atoms with Crippen LogP contribution in [0.3, 0.4) is 0 Å². The Morgan fingerprint density at radius 2 is 2.22 bits per heavy atom. The van der Waals surface area contributed by atoms with Gasteiger partial charge in [-0.2, -0.15) is 0 Å². The van der Waals surface area contributed by atoms with Crippen LogP contribution >= 0.6 is 11.6 Å². The lowest BCUT2D eigenvalue weighted by Gasteiger charge is -2.05. The molecular formula is C13H17ClN4. The maximum absolute atomic E-state index is 6.09. The fourth-order valence-corrected chi connectivity index (χ4v) is 1.85. The van der Waals surface area contributed by atoms with Gasteiger partial charge >= 0.3 is 0 Å².